The fourth-order valence-electron chi connectivity index (χ4n) is 4.67. The van der Waals surface area contributed by atoms with Crippen molar-refractivity contribution in [2.75, 3.05) is 26.3 Å². The second-order valence-electron chi connectivity index (χ2n) is 8.33. The van der Waals surface area contributed by atoms with E-state index in [0.29, 0.717) is 24.3 Å². The minimum Gasteiger partial charge on any atom is -0.493 e. The van der Waals surface area contributed by atoms with Crippen LogP contribution in [0.15, 0.2) is 12.1 Å². The molecule has 146 valence electrons. The molecule has 3 rings (SSSR count). The summed E-state index contributed by atoms with van der Waals surface area (Å²) in [6, 6.07) is 3.53. The second kappa shape index (κ2) is 7.85. The Morgan fingerprint density at radius 3 is 2.92 bits per heavy atom. The van der Waals surface area contributed by atoms with Crippen molar-refractivity contribution < 1.29 is 22.5 Å². The van der Waals surface area contributed by atoms with Gasteiger partial charge in [-0.05, 0) is 67.7 Å². The highest BCUT2D eigenvalue weighted by Gasteiger charge is 2.46. The van der Waals surface area contributed by atoms with Crippen molar-refractivity contribution in [3.63, 3.8) is 0 Å². The third-order valence-electron chi connectivity index (χ3n) is 5.97. The lowest BCUT2D eigenvalue weighted by atomic mass is 9.71. The summed E-state index contributed by atoms with van der Waals surface area (Å²) < 4.78 is 64.1. The van der Waals surface area contributed by atoms with Crippen LogP contribution in [-0.2, 0) is 12.0 Å². The van der Waals surface area contributed by atoms with Crippen LogP contribution in [0.3, 0.4) is 0 Å². The first-order chi connectivity index (χ1) is 14.5. The highest BCUT2D eigenvalue weighted by atomic mass is 19.1. The van der Waals surface area contributed by atoms with E-state index in [9.17, 15) is 9.50 Å². The fraction of sp³-hybridized carbons (Fsp3) is 0.727. The van der Waals surface area contributed by atoms with Crippen molar-refractivity contribution in [3.05, 3.63) is 28.8 Å². The van der Waals surface area contributed by atoms with Crippen molar-refractivity contribution in [1.29, 1.82) is 0 Å². The lowest BCUT2D eigenvalue weighted by molar-refractivity contribution is -0.0647. The van der Waals surface area contributed by atoms with Crippen LogP contribution in [0.2, 0.25) is 0 Å². The summed E-state index contributed by atoms with van der Waals surface area (Å²) in [7, 11) is 0. The average Bonchev–Trinajstić information content (AvgIpc) is 2.62. The molecule has 1 fully saturated rings. The van der Waals surface area contributed by atoms with E-state index in [0.717, 1.165) is 30.6 Å². The minimum atomic E-state index is -3.92. The van der Waals surface area contributed by atoms with Gasteiger partial charge in [0, 0.05) is 27.7 Å². The molecule has 4 heteroatoms. The molecule has 0 bridgehead atoms. The highest BCUT2D eigenvalue weighted by Crippen LogP contribution is 2.46. The number of nitrogens with zero attached hydrogens (tertiary/aromatic N) is 1. The molecule has 0 amide bonds. The van der Waals surface area contributed by atoms with Crippen LogP contribution in [0.1, 0.15) is 64.9 Å². The van der Waals surface area contributed by atoms with Gasteiger partial charge in [-0.15, -0.1) is 0 Å². The summed E-state index contributed by atoms with van der Waals surface area (Å²) in [5.41, 5.74) is 2.11. The molecule has 0 aliphatic carbocycles. The Kier molecular flexibility index (Phi) is 3.96. The Bertz CT molecular complexity index is 860. The van der Waals surface area contributed by atoms with Gasteiger partial charge in [-0.2, -0.15) is 0 Å². The van der Waals surface area contributed by atoms with E-state index in [1.54, 1.807) is 13.0 Å². The van der Waals surface area contributed by atoms with Gasteiger partial charge >= 0.3 is 0 Å². The number of alkyl halides is 1. The van der Waals surface area contributed by atoms with Crippen molar-refractivity contribution in [2.45, 2.75) is 65.0 Å². The normalized spacial score (nSPS) is 33.8. The minimum absolute atomic E-state index is 0.0629. The molecule has 3 atom stereocenters. The van der Waals surface area contributed by atoms with Gasteiger partial charge in [0.2, 0.25) is 0 Å². The monoisotopic (exact) mass is 369 g/mol. The standard InChI is InChI=1S/C22H34FNO2/c1-15(2)10-18-14-24-8-6-17-12-21(26-9-5-7-23)16(3)11-19(17)22(24,4)13-20(18)25/h11-12,15,18,20,25H,5-10,13-14H2,1-4H3/t18-,20-,22-/m1/s1/i5D2,7D2,9D2. The number of benzene rings is 1. The van der Waals surface area contributed by atoms with Crippen LogP contribution in [0.4, 0.5) is 4.39 Å². The maximum absolute atomic E-state index is 13.7. The smallest absolute Gasteiger partial charge is 0.122 e. The highest BCUT2D eigenvalue weighted by molar-refractivity contribution is 5.47. The lowest BCUT2D eigenvalue weighted by Gasteiger charge is -2.53. The Morgan fingerprint density at radius 1 is 1.46 bits per heavy atom. The first-order valence-electron chi connectivity index (χ1n) is 12.4. The third kappa shape index (κ3) is 3.77. The summed E-state index contributed by atoms with van der Waals surface area (Å²) in [6.45, 7) is 2.56. The number of halogens is 1. The van der Waals surface area contributed by atoms with Gasteiger partial charge in [0.25, 0.3) is 0 Å². The molecule has 2 heterocycles. The molecule has 0 radical (unpaired) electrons. The van der Waals surface area contributed by atoms with Crippen molar-refractivity contribution in [1.82, 2.24) is 4.90 Å². The Hall–Kier alpha value is -1.13. The maximum atomic E-state index is 13.7. The maximum Gasteiger partial charge on any atom is 0.122 e. The summed E-state index contributed by atoms with van der Waals surface area (Å²) in [6.07, 6.45) is -1.70. The largest absolute Gasteiger partial charge is 0.493 e. The Labute approximate surface area is 166 Å². The van der Waals surface area contributed by atoms with Gasteiger partial charge in [0.15, 0.2) is 0 Å². The molecule has 2 aliphatic rings. The van der Waals surface area contributed by atoms with Crippen LogP contribution in [0.25, 0.3) is 0 Å². The molecule has 1 saturated heterocycles. The molecular weight excluding hydrogens is 329 g/mol. The molecule has 0 unspecified atom stereocenters. The van der Waals surface area contributed by atoms with Gasteiger partial charge in [-0.3, -0.25) is 9.29 Å². The van der Waals surface area contributed by atoms with E-state index in [4.69, 9.17) is 13.0 Å². The van der Waals surface area contributed by atoms with Crippen molar-refractivity contribution in [2.24, 2.45) is 11.8 Å². The van der Waals surface area contributed by atoms with Crippen LogP contribution >= 0.6 is 0 Å². The number of piperidine rings is 1. The number of rotatable bonds is 6. The molecule has 1 aromatic carbocycles. The summed E-state index contributed by atoms with van der Waals surface area (Å²) >= 11 is 0. The molecule has 0 spiro atoms. The fourth-order valence-corrected chi connectivity index (χ4v) is 4.67. The van der Waals surface area contributed by atoms with Gasteiger partial charge in [0.05, 0.1) is 24.8 Å². The molecular formula is C22H34FNO2. The van der Waals surface area contributed by atoms with E-state index in [1.165, 1.54) is 0 Å². The molecule has 26 heavy (non-hydrogen) atoms. The SMILES string of the molecule is [2H]C([2H])(F)C([2H])([2H])C([2H])([2H])Oc1cc2c(cc1C)[C@@]1(C)C[C@@H](O)[C@H](CC(C)C)CN1CC2. The summed E-state index contributed by atoms with van der Waals surface area (Å²) in [5, 5.41) is 10.9. The predicted molar refractivity (Wildman–Crippen MR) is 103 cm³/mol. The van der Waals surface area contributed by atoms with Gasteiger partial charge in [0.1, 0.15) is 5.75 Å². The second-order valence-corrected chi connectivity index (χ2v) is 8.33. The van der Waals surface area contributed by atoms with E-state index in [1.807, 2.05) is 6.07 Å². The van der Waals surface area contributed by atoms with E-state index >= 15 is 0 Å². The van der Waals surface area contributed by atoms with Gasteiger partial charge in [-0.25, -0.2) is 0 Å². The number of hydrogen-bond acceptors (Lipinski definition) is 3. The summed E-state index contributed by atoms with van der Waals surface area (Å²) in [5.74, 6) is 0.788. The zero-order valence-electron chi connectivity index (χ0n) is 22.1. The average molecular weight is 370 g/mol. The van der Waals surface area contributed by atoms with Gasteiger partial charge in [-0.1, -0.05) is 19.9 Å². The van der Waals surface area contributed by atoms with E-state index < -0.39 is 25.7 Å². The predicted octanol–water partition coefficient (Wildman–Crippen LogP) is 4.23. The topological polar surface area (TPSA) is 32.7 Å². The lowest BCUT2D eigenvalue weighted by Crippen LogP contribution is -2.58. The Morgan fingerprint density at radius 2 is 2.23 bits per heavy atom. The van der Waals surface area contributed by atoms with Crippen molar-refractivity contribution >= 4 is 0 Å². The quantitative estimate of drug-likeness (QED) is 0.814. The number of aliphatic hydroxyl groups is 1. The zero-order valence-corrected chi connectivity index (χ0v) is 16.1. The number of hydrogen-bond donors (Lipinski definition) is 1. The molecule has 1 aromatic rings. The van der Waals surface area contributed by atoms with Gasteiger partial charge < -0.3 is 9.84 Å². The molecule has 2 aliphatic heterocycles. The third-order valence-corrected chi connectivity index (χ3v) is 5.97. The first kappa shape index (κ1) is 13.1. The molecule has 0 aromatic heterocycles. The first-order valence-corrected chi connectivity index (χ1v) is 9.44. The van der Waals surface area contributed by atoms with Crippen LogP contribution in [0.5, 0.6) is 5.75 Å². The number of aryl methyl sites for hydroxylation is 1. The van der Waals surface area contributed by atoms with E-state index in [-0.39, 0.29) is 17.2 Å². The Balaban J connectivity index is 1.92. The number of aliphatic hydroxyl groups excluding tert-OH is 1. The summed E-state index contributed by atoms with van der Waals surface area (Å²) in [4.78, 5) is 2.41. The van der Waals surface area contributed by atoms with Crippen LogP contribution in [-0.4, -0.2) is 42.4 Å². The molecule has 3 nitrogen and oxygen atoms in total. The van der Waals surface area contributed by atoms with Crippen LogP contribution in [0, 0.1) is 18.8 Å². The zero-order chi connectivity index (χ0) is 24.3. The van der Waals surface area contributed by atoms with E-state index in [2.05, 4.69) is 25.7 Å². The number of ether oxygens (including phenoxy) is 1. The molecule has 1 N–H and O–H groups in total. The van der Waals surface area contributed by atoms with Crippen LogP contribution < -0.4 is 4.74 Å². The van der Waals surface area contributed by atoms with Crippen molar-refractivity contribution in [3.8, 4) is 5.75 Å². The molecule has 0 saturated carbocycles. The number of fused-ring (bicyclic) bond motifs is 3.